The highest BCUT2D eigenvalue weighted by atomic mass is 15.0. The minimum Gasteiger partial charge on any atom is -0.373 e. The Morgan fingerprint density at radius 1 is 0.800 bits per heavy atom. The summed E-state index contributed by atoms with van der Waals surface area (Å²) in [5.41, 5.74) is 6.29. The van der Waals surface area contributed by atoms with E-state index in [2.05, 4.69) is 57.5 Å². The van der Waals surface area contributed by atoms with E-state index in [4.69, 9.17) is 0 Å². The number of hydrogen-bond donors (Lipinski definition) is 1. The maximum absolute atomic E-state index is 4.52. The highest BCUT2D eigenvalue weighted by Crippen LogP contribution is 2.30. The van der Waals surface area contributed by atoms with Gasteiger partial charge in [-0.2, -0.15) is 0 Å². The molecule has 1 N–H and O–H groups in total. The monoisotopic (exact) mass is 326 g/mol. The van der Waals surface area contributed by atoms with Crippen LogP contribution in [0.2, 0.25) is 0 Å². The zero-order chi connectivity index (χ0) is 17.2. The Kier molecular flexibility index (Phi) is 3.86. The molecule has 0 spiro atoms. The first-order chi connectivity index (χ1) is 12.3. The van der Waals surface area contributed by atoms with Crippen LogP contribution in [0.25, 0.3) is 33.3 Å². The Hall–Kier alpha value is -3.27. The molecule has 2 aromatic carbocycles. The Morgan fingerprint density at radius 2 is 1.64 bits per heavy atom. The molecule has 4 aromatic rings. The molecule has 0 aliphatic carbocycles. The number of benzene rings is 2. The van der Waals surface area contributed by atoms with E-state index >= 15 is 0 Å². The van der Waals surface area contributed by atoms with E-state index < -0.39 is 0 Å². The van der Waals surface area contributed by atoms with Crippen molar-refractivity contribution >= 4 is 16.7 Å². The molecule has 0 saturated carbocycles. The number of pyridine rings is 1. The number of nitrogens with one attached hydrogen (secondary N) is 1. The third kappa shape index (κ3) is 2.83. The first-order valence-corrected chi connectivity index (χ1v) is 8.21. The summed E-state index contributed by atoms with van der Waals surface area (Å²) in [6.45, 7) is 2.06. The Balaban J connectivity index is 1.89. The van der Waals surface area contributed by atoms with Crippen LogP contribution in [-0.2, 0) is 0 Å². The second kappa shape index (κ2) is 6.32. The van der Waals surface area contributed by atoms with Crippen molar-refractivity contribution in [2.75, 3.05) is 12.4 Å². The van der Waals surface area contributed by atoms with Crippen LogP contribution in [0.3, 0.4) is 0 Å². The van der Waals surface area contributed by atoms with Gasteiger partial charge in [0.15, 0.2) is 0 Å². The number of rotatable bonds is 3. The topological polar surface area (TPSA) is 50.7 Å². The van der Waals surface area contributed by atoms with Gasteiger partial charge in [-0.25, -0.2) is 15.0 Å². The fourth-order valence-electron chi connectivity index (χ4n) is 3.06. The normalized spacial score (nSPS) is 10.8. The van der Waals surface area contributed by atoms with E-state index in [0.717, 1.165) is 44.7 Å². The third-order valence-corrected chi connectivity index (χ3v) is 4.33. The van der Waals surface area contributed by atoms with Crippen LogP contribution >= 0.6 is 0 Å². The van der Waals surface area contributed by atoms with Gasteiger partial charge in [0, 0.05) is 29.8 Å². The van der Waals surface area contributed by atoms with Crippen LogP contribution in [0.15, 0.2) is 67.1 Å². The highest BCUT2D eigenvalue weighted by Gasteiger charge is 2.09. The molecule has 0 atom stereocenters. The number of aromatic nitrogens is 3. The fourth-order valence-corrected chi connectivity index (χ4v) is 3.06. The molecule has 0 bridgehead atoms. The molecular weight excluding hydrogens is 308 g/mol. The van der Waals surface area contributed by atoms with Crippen molar-refractivity contribution in [3.63, 3.8) is 0 Å². The van der Waals surface area contributed by atoms with Crippen molar-refractivity contribution in [2.24, 2.45) is 0 Å². The fraction of sp³-hybridized carbons (Fsp3) is 0.0952. The molecular formula is C21H18N4. The maximum Gasteiger partial charge on any atom is 0.128 e. The van der Waals surface area contributed by atoms with Crippen molar-refractivity contribution < 1.29 is 0 Å². The van der Waals surface area contributed by atoms with Crippen molar-refractivity contribution in [3.8, 4) is 22.4 Å². The summed E-state index contributed by atoms with van der Waals surface area (Å²) in [7, 11) is 1.88. The van der Waals surface area contributed by atoms with Crippen LogP contribution < -0.4 is 5.32 Å². The molecule has 4 rings (SSSR count). The number of hydrogen-bond acceptors (Lipinski definition) is 4. The summed E-state index contributed by atoms with van der Waals surface area (Å²) < 4.78 is 0. The predicted octanol–water partition coefficient (Wildman–Crippen LogP) is 4.71. The van der Waals surface area contributed by atoms with E-state index in [0.29, 0.717) is 0 Å². The molecule has 4 heteroatoms. The molecule has 25 heavy (non-hydrogen) atoms. The van der Waals surface area contributed by atoms with Gasteiger partial charge in [0.1, 0.15) is 12.1 Å². The van der Waals surface area contributed by atoms with Gasteiger partial charge in [-0.05, 0) is 36.2 Å². The third-order valence-electron chi connectivity index (χ3n) is 4.33. The molecule has 0 unspecified atom stereocenters. The second-order valence-corrected chi connectivity index (χ2v) is 5.96. The van der Waals surface area contributed by atoms with Crippen LogP contribution in [0.4, 0.5) is 5.82 Å². The average Bonchev–Trinajstić information content (AvgIpc) is 2.67. The second-order valence-electron chi connectivity index (χ2n) is 5.96. The zero-order valence-corrected chi connectivity index (χ0v) is 14.2. The molecule has 2 aromatic heterocycles. The lowest BCUT2D eigenvalue weighted by Crippen LogP contribution is -1.96. The van der Waals surface area contributed by atoms with Crippen LogP contribution in [-0.4, -0.2) is 22.0 Å². The quantitative estimate of drug-likeness (QED) is 0.592. The average molecular weight is 326 g/mol. The van der Waals surface area contributed by atoms with Crippen LogP contribution in [0.5, 0.6) is 0 Å². The minimum atomic E-state index is 0.901. The lowest BCUT2D eigenvalue weighted by molar-refractivity contribution is 1.22. The van der Waals surface area contributed by atoms with Gasteiger partial charge in [-0.1, -0.05) is 36.4 Å². The van der Waals surface area contributed by atoms with Gasteiger partial charge in [0.2, 0.25) is 0 Å². The Labute approximate surface area is 146 Å². The van der Waals surface area contributed by atoms with Crippen molar-refractivity contribution in [1.82, 2.24) is 15.0 Å². The summed E-state index contributed by atoms with van der Waals surface area (Å²) in [5, 5.41) is 4.15. The van der Waals surface area contributed by atoms with E-state index in [1.165, 1.54) is 0 Å². The molecule has 0 aliphatic rings. The van der Waals surface area contributed by atoms with E-state index in [-0.39, 0.29) is 0 Å². The Morgan fingerprint density at radius 3 is 2.40 bits per heavy atom. The smallest absolute Gasteiger partial charge is 0.128 e. The van der Waals surface area contributed by atoms with Crippen molar-refractivity contribution in [3.05, 3.63) is 72.7 Å². The summed E-state index contributed by atoms with van der Waals surface area (Å²) in [6, 6.07) is 18.6. The van der Waals surface area contributed by atoms with Gasteiger partial charge in [-0.3, -0.25) is 0 Å². The van der Waals surface area contributed by atoms with Crippen LogP contribution in [0.1, 0.15) is 5.56 Å². The number of nitrogens with zero attached hydrogens (tertiary/aromatic N) is 3. The van der Waals surface area contributed by atoms with Crippen molar-refractivity contribution in [2.45, 2.75) is 6.92 Å². The first-order valence-electron chi connectivity index (χ1n) is 8.21. The lowest BCUT2D eigenvalue weighted by atomic mass is 10.0. The molecule has 0 radical (unpaired) electrons. The molecule has 122 valence electrons. The van der Waals surface area contributed by atoms with E-state index in [1.54, 1.807) is 6.33 Å². The number of aryl methyl sites for hydroxylation is 1. The van der Waals surface area contributed by atoms with E-state index in [9.17, 15) is 0 Å². The summed E-state index contributed by atoms with van der Waals surface area (Å²) in [4.78, 5) is 13.4. The molecule has 2 heterocycles. The summed E-state index contributed by atoms with van der Waals surface area (Å²) in [6.07, 6.45) is 3.52. The maximum atomic E-state index is 4.52. The predicted molar refractivity (Wildman–Crippen MR) is 102 cm³/mol. The summed E-state index contributed by atoms with van der Waals surface area (Å²) >= 11 is 0. The highest BCUT2D eigenvalue weighted by molar-refractivity contribution is 5.94. The van der Waals surface area contributed by atoms with Gasteiger partial charge >= 0.3 is 0 Å². The minimum absolute atomic E-state index is 0.901. The molecule has 0 aliphatic heterocycles. The molecule has 0 fully saturated rings. The summed E-state index contributed by atoms with van der Waals surface area (Å²) in [5.74, 6) is 0.901. The lowest BCUT2D eigenvalue weighted by Gasteiger charge is -2.10. The van der Waals surface area contributed by atoms with Crippen molar-refractivity contribution in [1.29, 1.82) is 0 Å². The standard InChI is InChI=1S/C21H18N4/c1-14-10-17(12-23-21(14)22-2)16-8-9-19-18(11-16)20(25-13-24-19)15-6-4-3-5-7-15/h3-13H,1-2H3,(H,22,23). The van der Waals surface area contributed by atoms with E-state index in [1.807, 2.05) is 37.5 Å². The SMILES string of the molecule is CNc1ncc(-c2ccc3ncnc(-c4ccccc4)c3c2)cc1C. The largest absolute Gasteiger partial charge is 0.373 e. The zero-order valence-electron chi connectivity index (χ0n) is 14.2. The molecule has 0 saturated heterocycles. The van der Waals surface area contributed by atoms with Gasteiger partial charge in [0.25, 0.3) is 0 Å². The molecule has 4 nitrogen and oxygen atoms in total. The van der Waals surface area contributed by atoms with Gasteiger partial charge in [0.05, 0.1) is 11.2 Å². The van der Waals surface area contributed by atoms with Crippen LogP contribution in [0, 0.1) is 6.92 Å². The Bertz CT molecular complexity index is 1040. The first kappa shape index (κ1) is 15.3. The van der Waals surface area contributed by atoms with Gasteiger partial charge in [-0.15, -0.1) is 0 Å². The molecule has 0 amide bonds. The number of fused-ring (bicyclic) bond motifs is 1. The number of anilines is 1. The van der Waals surface area contributed by atoms with Gasteiger partial charge < -0.3 is 5.32 Å².